The van der Waals surface area contributed by atoms with Crippen LogP contribution in [0.25, 0.3) is 5.69 Å². The molecule has 0 aliphatic heterocycles. The van der Waals surface area contributed by atoms with Gasteiger partial charge < -0.3 is 14.0 Å². The molecule has 0 atom stereocenters. The summed E-state index contributed by atoms with van der Waals surface area (Å²) < 4.78 is 12.5. The maximum atomic E-state index is 5.48. The maximum Gasteiger partial charge on any atom is 0.143 e. The minimum absolute atomic E-state index is 0.481. The van der Waals surface area contributed by atoms with E-state index in [-0.39, 0.29) is 0 Å². The standard InChI is InChI=1S/C15H20N2O2/c1-11(2)12-5-6-14(15(7-12)19-4)17-8-13(9-18-3)16-10-17/h5-8,10-11H,9H2,1-4H3. The molecule has 2 aromatic rings. The number of benzene rings is 1. The summed E-state index contributed by atoms with van der Waals surface area (Å²) in [5.74, 6) is 1.34. The largest absolute Gasteiger partial charge is 0.495 e. The van der Waals surface area contributed by atoms with Gasteiger partial charge in [-0.15, -0.1) is 0 Å². The molecule has 1 aromatic carbocycles. The minimum atomic E-state index is 0.481. The Kier molecular flexibility index (Phi) is 4.22. The lowest BCUT2D eigenvalue weighted by Crippen LogP contribution is -1.98. The number of imidazole rings is 1. The number of aromatic nitrogens is 2. The fourth-order valence-corrected chi connectivity index (χ4v) is 1.98. The van der Waals surface area contributed by atoms with E-state index in [2.05, 4.69) is 37.0 Å². The van der Waals surface area contributed by atoms with Crippen LogP contribution in [-0.2, 0) is 11.3 Å². The molecule has 0 bridgehead atoms. The van der Waals surface area contributed by atoms with Crippen LogP contribution in [0.5, 0.6) is 5.75 Å². The second-order valence-electron chi connectivity index (χ2n) is 4.79. The number of nitrogens with zero attached hydrogens (tertiary/aromatic N) is 2. The van der Waals surface area contributed by atoms with E-state index in [4.69, 9.17) is 9.47 Å². The van der Waals surface area contributed by atoms with Crippen LogP contribution in [0, 0.1) is 0 Å². The molecule has 0 saturated carbocycles. The summed E-state index contributed by atoms with van der Waals surface area (Å²) in [6, 6.07) is 6.26. The van der Waals surface area contributed by atoms with Gasteiger partial charge in [-0.1, -0.05) is 19.9 Å². The van der Waals surface area contributed by atoms with Crippen molar-refractivity contribution in [2.45, 2.75) is 26.4 Å². The molecular weight excluding hydrogens is 240 g/mol. The highest BCUT2D eigenvalue weighted by atomic mass is 16.5. The van der Waals surface area contributed by atoms with Crippen LogP contribution < -0.4 is 4.74 Å². The van der Waals surface area contributed by atoms with Crippen molar-refractivity contribution in [3.63, 3.8) is 0 Å². The van der Waals surface area contributed by atoms with Gasteiger partial charge in [0.2, 0.25) is 0 Å². The topological polar surface area (TPSA) is 36.3 Å². The van der Waals surface area contributed by atoms with Gasteiger partial charge in [-0.3, -0.25) is 0 Å². The molecule has 0 aliphatic rings. The van der Waals surface area contributed by atoms with Gasteiger partial charge >= 0.3 is 0 Å². The Morgan fingerprint density at radius 1 is 1.26 bits per heavy atom. The Morgan fingerprint density at radius 2 is 2.05 bits per heavy atom. The van der Waals surface area contributed by atoms with E-state index in [1.807, 2.05) is 10.8 Å². The van der Waals surface area contributed by atoms with Gasteiger partial charge in [0.25, 0.3) is 0 Å². The van der Waals surface area contributed by atoms with E-state index >= 15 is 0 Å². The van der Waals surface area contributed by atoms with Crippen LogP contribution in [0.1, 0.15) is 31.0 Å². The third kappa shape index (κ3) is 2.96. The Labute approximate surface area is 114 Å². The zero-order chi connectivity index (χ0) is 13.8. The molecule has 1 heterocycles. The molecule has 2 rings (SSSR count). The predicted molar refractivity (Wildman–Crippen MR) is 74.9 cm³/mol. The lowest BCUT2D eigenvalue weighted by Gasteiger charge is -2.12. The summed E-state index contributed by atoms with van der Waals surface area (Å²) in [6.07, 6.45) is 3.73. The summed E-state index contributed by atoms with van der Waals surface area (Å²) in [6.45, 7) is 4.85. The fraction of sp³-hybridized carbons (Fsp3) is 0.400. The van der Waals surface area contributed by atoms with Crippen molar-refractivity contribution in [3.8, 4) is 11.4 Å². The molecule has 4 nitrogen and oxygen atoms in total. The van der Waals surface area contributed by atoms with Gasteiger partial charge in [0.05, 0.1) is 31.4 Å². The molecule has 0 amide bonds. The maximum absolute atomic E-state index is 5.48. The Morgan fingerprint density at radius 3 is 2.68 bits per heavy atom. The summed E-state index contributed by atoms with van der Waals surface area (Å²) >= 11 is 0. The average Bonchev–Trinajstić information content (AvgIpc) is 2.86. The highest BCUT2D eigenvalue weighted by Gasteiger charge is 2.09. The van der Waals surface area contributed by atoms with E-state index in [1.165, 1.54) is 5.56 Å². The Balaban J connectivity index is 2.37. The fourth-order valence-electron chi connectivity index (χ4n) is 1.98. The van der Waals surface area contributed by atoms with E-state index in [9.17, 15) is 0 Å². The number of hydrogen-bond acceptors (Lipinski definition) is 3. The quantitative estimate of drug-likeness (QED) is 0.828. The molecule has 0 spiro atoms. The summed E-state index contributed by atoms with van der Waals surface area (Å²) in [5.41, 5.74) is 3.15. The predicted octanol–water partition coefficient (Wildman–Crippen LogP) is 3.15. The third-order valence-corrected chi connectivity index (χ3v) is 3.08. The molecule has 4 heteroatoms. The number of ether oxygens (including phenoxy) is 2. The van der Waals surface area contributed by atoms with Gasteiger partial charge in [-0.25, -0.2) is 4.98 Å². The summed E-state index contributed by atoms with van der Waals surface area (Å²) in [5, 5.41) is 0. The van der Waals surface area contributed by atoms with Crippen LogP contribution >= 0.6 is 0 Å². The molecule has 0 saturated heterocycles. The summed E-state index contributed by atoms with van der Waals surface area (Å²) in [4.78, 5) is 4.30. The highest BCUT2D eigenvalue weighted by Crippen LogP contribution is 2.27. The smallest absolute Gasteiger partial charge is 0.143 e. The number of rotatable bonds is 5. The second kappa shape index (κ2) is 5.89. The van der Waals surface area contributed by atoms with Gasteiger partial charge in [0, 0.05) is 13.3 Å². The van der Waals surface area contributed by atoms with Gasteiger partial charge in [-0.05, 0) is 23.6 Å². The Bertz CT molecular complexity index is 547. The van der Waals surface area contributed by atoms with Crippen molar-refractivity contribution in [1.29, 1.82) is 0 Å². The lowest BCUT2D eigenvalue weighted by molar-refractivity contribution is 0.182. The first kappa shape index (κ1) is 13.6. The van der Waals surface area contributed by atoms with Crippen LogP contribution in [0.2, 0.25) is 0 Å². The van der Waals surface area contributed by atoms with E-state index in [0.717, 1.165) is 17.1 Å². The molecule has 0 N–H and O–H groups in total. The van der Waals surface area contributed by atoms with E-state index in [0.29, 0.717) is 12.5 Å². The molecule has 0 aliphatic carbocycles. The van der Waals surface area contributed by atoms with Crippen molar-refractivity contribution in [1.82, 2.24) is 9.55 Å². The van der Waals surface area contributed by atoms with Crippen molar-refractivity contribution in [3.05, 3.63) is 42.0 Å². The first-order valence-electron chi connectivity index (χ1n) is 6.35. The monoisotopic (exact) mass is 260 g/mol. The van der Waals surface area contributed by atoms with Gasteiger partial charge in [-0.2, -0.15) is 0 Å². The molecule has 102 valence electrons. The van der Waals surface area contributed by atoms with Gasteiger partial charge in [0.1, 0.15) is 5.75 Å². The third-order valence-electron chi connectivity index (χ3n) is 3.08. The zero-order valence-corrected chi connectivity index (χ0v) is 11.9. The minimum Gasteiger partial charge on any atom is -0.495 e. The van der Waals surface area contributed by atoms with E-state index < -0.39 is 0 Å². The molecule has 0 radical (unpaired) electrons. The van der Waals surface area contributed by atoms with Crippen LogP contribution in [0.3, 0.4) is 0 Å². The zero-order valence-electron chi connectivity index (χ0n) is 11.9. The summed E-state index contributed by atoms with van der Waals surface area (Å²) in [7, 11) is 3.35. The molecular formula is C15H20N2O2. The first-order valence-corrected chi connectivity index (χ1v) is 6.35. The van der Waals surface area contributed by atoms with Gasteiger partial charge in [0.15, 0.2) is 0 Å². The molecule has 0 unspecified atom stereocenters. The molecule has 0 fully saturated rings. The SMILES string of the molecule is COCc1cn(-c2ccc(C(C)C)cc2OC)cn1. The van der Waals surface area contributed by atoms with Crippen molar-refractivity contribution in [2.24, 2.45) is 0 Å². The van der Waals surface area contributed by atoms with E-state index in [1.54, 1.807) is 20.5 Å². The molecule has 19 heavy (non-hydrogen) atoms. The van der Waals surface area contributed by atoms with Crippen molar-refractivity contribution < 1.29 is 9.47 Å². The number of hydrogen-bond donors (Lipinski definition) is 0. The average molecular weight is 260 g/mol. The first-order chi connectivity index (χ1) is 9.15. The highest BCUT2D eigenvalue weighted by molar-refractivity contribution is 5.49. The van der Waals surface area contributed by atoms with Crippen molar-refractivity contribution in [2.75, 3.05) is 14.2 Å². The number of methoxy groups -OCH3 is 2. The lowest BCUT2D eigenvalue weighted by atomic mass is 10.0. The normalized spacial score (nSPS) is 11.0. The van der Waals surface area contributed by atoms with Crippen LogP contribution in [-0.4, -0.2) is 23.8 Å². The molecule has 1 aromatic heterocycles. The van der Waals surface area contributed by atoms with Crippen molar-refractivity contribution >= 4 is 0 Å². The second-order valence-corrected chi connectivity index (χ2v) is 4.79. The van der Waals surface area contributed by atoms with Crippen LogP contribution in [0.4, 0.5) is 0 Å². The Hall–Kier alpha value is -1.81. The van der Waals surface area contributed by atoms with Crippen LogP contribution in [0.15, 0.2) is 30.7 Å².